The summed E-state index contributed by atoms with van der Waals surface area (Å²) in [5.74, 6) is -0.887. The molecule has 0 radical (unpaired) electrons. The van der Waals surface area contributed by atoms with Crippen LogP contribution in [0.3, 0.4) is 0 Å². The molecule has 25 heavy (non-hydrogen) atoms. The van der Waals surface area contributed by atoms with E-state index in [1.165, 1.54) is 6.20 Å². The molecule has 10 heteroatoms. The Kier molecular flexibility index (Phi) is 6.15. The van der Waals surface area contributed by atoms with Crippen LogP contribution in [0.25, 0.3) is 0 Å². The molecule has 4 N–H and O–H groups in total. The monoisotopic (exact) mass is 376 g/mol. The minimum Gasteiger partial charge on any atom is -0.393 e. The number of aromatic nitrogens is 1. The lowest BCUT2D eigenvalue weighted by atomic mass is 10.1. The molecule has 136 valence electrons. The first kappa shape index (κ1) is 19.4. The van der Waals surface area contributed by atoms with E-state index in [1.54, 1.807) is 12.1 Å². The van der Waals surface area contributed by atoms with Crippen LogP contribution in [0.1, 0.15) is 17.4 Å². The molecule has 1 atom stereocenters. The Bertz CT molecular complexity index is 683. The summed E-state index contributed by atoms with van der Waals surface area (Å²) in [7, 11) is 0. The van der Waals surface area contributed by atoms with Gasteiger partial charge in [0.1, 0.15) is 17.5 Å². The second-order valence-corrected chi connectivity index (χ2v) is 5.73. The first-order chi connectivity index (χ1) is 11.7. The SMILES string of the molecule is N=C(C(=O)Cc1ccc([C@@H]2CNCCO2)nc1)C(Cl)=C(N)C(F)(F)F. The van der Waals surface area contributed by atoms with Gasteiger partial charge >= 0.3 is 6.18 Å². The van der Waals surface area contributed by atoms with E-state index >= 15 is 0 Å². The molecule has 1 aromatic rings. The lowest BCUT2D eigenvalue weighted by molar-refractivity contribution is -0.112. The maximum absolute atomic E-state index is 12.5. The minimum atomic E-state index is -4.90. The Labute approximate surface area is 146 Å². The lowest BCUT2D eigenvalue weighted by Crippen LogP contribution is -2.33. The van der Waals surface area contributed by atoms with Crippen LogP contribution in [-0.2, 0) is 16.0 Å². The largest absolute Gasteiger partial charge is 0.432 e. The number of ether oxygens (including phenoxy) is 1. The van der Waals surface area contributed by atoms with Gasteiger partial charge < -0.3 is 15.8 Å². The molecule has 0 saturated carbocycles. The average Bonchev–Trinajstić information content (AvgIpc) is 2.60. The van der Waals surface area contributed by atoms with Crippen LogP contribution in [-0.4, -0.2) is 42.4 Å². The molecule has 0 spiro atoms. The molecule has 0 aromatic carbocycles. The number of morpholine rings is 1. The number of carbonyl (C=O) groups is 1. The van der Waals surface area contributed by atoms with Gasteiger partial charge in [-0.05, 0) is 11.6 Å². The molecular formula is C15H16ClF3N4O2. The number of ketones is 1. The van der Waals surface area contributed by atoms with Gasteiger partial charge in [-0.25, -0.2) is 0 Å². The molecule has 2 rings (SSSR count). The first-order valence-electron chi connectivity index (χ1n) is 7.32. The summed E-state index contributed by atoms with van der Waals surface area (Å²) in [6.45, 7) is 1.95. The van der Waals surface area contributed by atoms with Crippen LogP contribution in [0.4, 0.5) is 13.2 Å². The molecular weight excluding hydrogens is 361 g/mol. The van der Waals surface area contributed by atoms with Crippen LogP contribution in [0.15, 0.2) is 29.1 Å². The number of nitrogens with zero attached hydrogens (tertiary/aromatic N) is 1. The number of alkyl halides is 3. The standard InChI is InChI=1S/C15H16ClF3N4O2/c16-12(14(21)15(17,18)19)13(20)10(24)5-8-1-2-9(23-6-8)11-7-22-3-4-25-11/h1-2,6,11,20,22H,3-5,7,21H2/t11-/m0/s1. The Morgan fingerprint density at radius 1 is 1.48 bits per heavy atom. The van der Waals surface area contributed by atoms with Crippen molar-refractivity contribution in [3.63, 3.8) is 0 Å². The first-order valence-corrected chi connectivity index (χ1v) is 7.69. The van der Waals surface area contributed by atoms with Crippen molar-refractivity contribution in [1.82, 2.24) is 10.3 Å². The normalized spacial score (nSPS) is 19.3. The second kappa shape index (κ2) is 7.94. The fourth-order valence-corrected chi connectivity index (χ4v) is 2.35. The van der Waals surface area contributed by atoms with Crippen LogP contribution < -0.4 is 11.1 Å². The molecule has 1 aromatic heterocycles. The highest BCUT2D eigenvalue weighted by Crippen LogP contribution is 2.26. The summed E-state index contributed by atoms with van der Waals surface area (Å²) >= 11 is 5.40. The van der Waals surface area contributed by atoms with Gasteiger partial charge in [-0.3, -0.25) is 15.2 Å². The number of Topliss-reactive ketones (excluding diaryl/α,β-unsaturated/α-hetero) is 1. The van der Waals surface area contributed by atoms with Crippen molar-refractivity contribution in [2.75, 3.05) is 19.7 Å². The summed E-state index contributed by atoms with van der Waals surface area (Å²) in [6.07, 6.45) is -3.98. The van der Waals surface area contributed by atoms with Gasteiger partial charge in [0.05, 0.1) is 17.3 Å². The van der Waals surface area contributed by atoms with Gasteiger partial charge in [0.2, 0.25) is 0 Å². The van der Waals surface area contributed by atoms with Gasteiger partial charge in [0.15, 0.2) is 5.78 Å². The predicted octanol–water partition coefficient (Wildman–Crippen LogP) is 1.85. The minimum absolute atomic E-state index is 0.194. The van der Waals surface area contributed by atoms with Gasteiger partial charge in [-0.15, -0.1) is 0 Å². The van der Waals surface area contributed by atoms with E-state index in [1.807, 2.05) is 0 Å². The molecule has 2 heterocycles. The number of allylic oxidation sites excluding steroid dienone is 2. The highest BCUT2D eigenvalue weighted by atomic mass is 35.5. The van der Waals surface area contributed by atoms with Gasteiger partial charge in [0, 0.05) is 25.7 Å². The number of halogens is 4. The van der Waals surface area contributed by atoms with Crippen molar-refractivity contribution in [3.8, 4) is 0 Å². The average molecular weight is 377 g/mol. The van der Waals surface area contributed by atoms with E-state index in [4.69, 9.17) is 27.5 Å². The number of nitrogens with two attached hydrogens (primary N) is 1. The van der Waals surface area contributed by atoms with E-state index < -0.39 is 28.4 Å². The zero-order valence-corrected chi connectivity index (χ0v) is 13.7. The Morgan fingerprint density at radius 3 is 2.72 bits per heavy atom. The number of pyridine rings is 1. The van der Waals surface area contributed by atoms with Crippen molar-refractivity contribution in [2.24, 2.45) is 5.73 Å². The van der Waals surface area contributed by atoms with E-state index in [-0.39, 0.29) is 12.5 Å². The van der Waals surface area contributed by atoms with Gasteiger partial charge in [-0.1, -0.05) is 17.7 Å². The lowest BCUT2D eigenvalue weighted by Gasteiger charge is -2.23. The maximum Gasteiger partial charge on any atom is 0.432 e. The second-order valence-electron chi connectivity index (χ2n) is 5.36. The van der Waals surface area contributed by atoms with Crippen molar-refractivity contribution < 1.29 is 22.7 Å². The van der Waals surface area contributed by atoms with E-state index in [2.05, 4.69) is 10.3 Å². The van der Waals surface area contributed by atoms with Crippen LogP contribution in [0.2, 0.25) is 0 Å². The fourth-order valence-electron chi connectivity index (χ4n) is 2.14. The van der Waals surface area contributed by atoms with Crippen molar-refractivity contribution in [2.45, 2.75) is 18.7 Å². The predicted molar refractivity (Wildman–Crippen MR) is 85.4 cm³/mol. The number of rotatable bonds is 5. The Hall–Kier alpha value is -1.97. The highest BCUT2D eigenvalue weighted by Gasteiger charge is 2.35. The molecule has 1 saturated heterocycles. The van der Waals surface area contributed by atoms with Crippen molar-refractivity contribution in [3.05, 3.63) is 40.3 Å². The fraction of sp³-hybridized carbons (Fsp3) is 0.400. The third-order valence-electron chi connectivity index (χ3n) is 3.51. The molecule has 0 aliphatic carbocycles. The zero-order valence-electron chi connectivity index (χ0n) is 13.0. The highest BCUT2D eigenvalue weighted by molar-refractivity contribution is 6.59. The van der Waals surface area contributed by atoms with E-state index in [0.29, 0.717) is 24.4 Å². The summed E-state index contributed by atoms with van der Waals surface area (Å²) in [6, 6.07) is 3.28. The van der Waals surface area contributed by atoms with E-state index in [0.717, 1.165) is 6.54 Å². The third kappa shape index (κ3) is 5.00. The van der Waals surface area contributed by atoms with Gasteiger partial charge in [-0.2, -0.15) is 13.2 Å². The topological polar surface area (TPSA) is 101 Å². The molecule has 1 fully saturated rings. The summed E-state index contributed by atoms with van der Waals surface area (Å²) in [5, 5.41) is 9.55. The number of nitrogens with one attached hydrogen (secondary N) is 2. The van der Waals surface area contributed by atoms with Crippen molar-refractivity contribution in [1.29, 1.82) is 5.41 Å². The van der Waals surface area contributed by atoms with Crippen LogP contribution >= 0.6 is 11.6 Å². The summed E-state index contributed by atoms with van der Waals surface area (Å²) < 4.78 is 43.0. The van der Waals surface area contributed by atoms with Crippen LogP contribution in [0.5, 0.6) is 0 Å². The number of hydrogen-bond donors (Lipinski definition) is 3. The molecule has 1 aliphatic rings. The smallest absolute Gasteiger partial charge is 0.393 e. The van der Waals surface area contributed by atoms with Gasteiger partial charge in [0.25, 0.3) is 0 Å². The van der Waals surface area contributed by atoms with Crippen molar-refractivity contribution >= 4 is 23.1 Å². The summed E-state index contributed by atoms with van der Waals surface area (Å²) in [4.78, 5) is 16.1. The Balaban J connectivity index is 2.04. The maximum atomic E-state index is 12.5. The number of hydrogen-bond acceptors (Lipinski definition) is 6. The zero-order chi connectivity index (χ0) is 18.6. The van der Waals surface area contributed by atoms with Crippen LogP contribution in [0, 0.1) is 5.41 Å². The number of carbonyl (C=O) groups excluding carboxylic acids is 1. The molecule has 1 aliphatic heterocycles. The Morgan fingerprint density at radius 2 is 2.20 bits per heavy atom. The molecule has 0 amide bonds. The van der Waals surface area contributed by atoms with E-state index in [9.17, 15) is 18.0 Å². The quantitative estimate of drug-likeness (QED) is 0.681. The molecule has 6 nitrogen and oxygen atoms in total. The molecule has 0 unspecified atom stereocenters. The third-order valence-corrected chi connectivity index (χ3v) is 3.90. The summed E-state index contributed by atoms with van der Waals surface area (Å²) in [5.41, 5.74) is 3.30. The molecule has 0 bridgehead atoms.